The van der Waals surface area contributed by atoms with Crippen LogP contribution in [0.3, 0.4) is 0 Å². The number of aromatic nitrogens is 2. The third-order valence-electron chi connectivity index (χ3n) is 4.11. The van der Waals surface area contributed by atoms with Crippen molar-refractivity contribution in [3.05, 3.63) is 18.1 Å². The molecule has 0 radical (unpaired) electrons. The molecular weight excluding hydrogens is 238 g/mol. The molecule has 19 heavy (non-hydrogen) atoms. The summed E-state index contributed by atoms with van der Waals surface area (Å²) in [6.07, 6.45) is 3.45. The van der Waals surface area contributed by atoms with Crippen molar-refractivity contribution in [2.24, 2.45) is 11.1 Å². The van der Waals surface area contributed by atoms with Crippen molar-refractivity contribution in [2.45, 2.75) is 39.5 Å². The summed E-state index contributed by atoms with van der Waals surface area (Å²) in [6.45, 7) is 8.13. The zero-order valence-corrected chi connectivity index (χ0v) is 12.0. The summed E-state index contributed by atoms with van der Waals surface area (Å²) in [6, 6.07) is 2.07. The third-order valence-corrected chi connectivity index (χ3v) is 4.11. The van der Waals surface area contributed by atoms with Crippen molar-refractivity contribution < 1.29 is 0 Å². The fourth-order valence-electron chi connectivity index (χ4n) is 2.35. The van der Waals surface area contributed by atoms with Gasteiger partial charge in [0.2, 0.25) is 0 Å². The maximum Gasteiger partial charge on any atom is 0.132 e. The van der Waals surface area contributed by atoms with E-state index in [-0.39, 0.29) is 5.41 Å². The van der Waals surface area contributed by atoms with Gasteiger partial charge < -0.3 is 10.6 Å². The molecule has 3 N–H and O–H groups in total. The number of piperidine rings is 1. The van der Waals surface area contributed by atoms with Crippen molar-refractivity contribution in [1.29, 1.82) is 5.41 Å². The molecule has 0 amide bonds. The number of hydrogen-bond acceptors (Lipinski definition) is 4. The number of amidine groups is 1. The van der Waals surface area contributed by atoms with Crippen LogP contribution in [0.1, 0.15) is 45.2 Å². The van der Waals surface area contributed by atoms with E-state index in [0.29, 0.717) is 11.8 Å². The maximum absolute atomic E-state index is 7.68. The molecule has 0 unspecified atom stereocenters. The number of nitrogens with two attached hydrogens (primary N) is 1. The van der Waals surface area contributed by atoms with Crippen molar-refractivity contribution in [1.82, 2.24) is 9.97 Å². The van der Waals surface area contributed by atoms with Gasteiger partial charge in [0.1, 0.15) is 12.1 Å². The highest BCUT2D eigenvalue weighted by molar-refractivity contribution is 5.83. The lowest BCUT2D eigenvalue weighted by molar-refractivity contribution is 0.350. The van der Waals surface area contributed by atoms with Gasteiger partial charge in [-0.25, -0.2) is 9.97 Å². The minimum absolute atomic E-state index is 0.148. The molecule has 1 saturated heterocycles. The van der Waals surface area contributed by atoms with Gasteiger partial charge in [-0.15, -0.1) is 0 Å². The van der Waals surface area contributed by atoms with Gasteiger partial charge in [-0.05, 0) is 18.8 Å². The molecule has 1 fully saturated rings. The Labute approximate surface area is 114 Å². The summed E-state index contributed by atoms with van der Waals surface area (Å²) in [5, 5.41) is 7.68. The van der Waals surface area contributed by atoms with Crippen LogP contribution in [0.5, 0.6) is 0 Å². The van der Waals surface area contributed by atoms with Gasteiger partial charge in [0, 0.05) is 30.3 Å². The van der Waals surface area contributed by atoms with E-state index < -0.39 is 0 Å². The molecule has 0 saturated carbocycles. The molecule has 1 aromatic heterocycles. The van der Waals surface area contributed by atoms with Crippen molar-refractivity contribution in [2.75, 3.05) is 18.0 Å². The van der Waals surface area contributed by atoms with E-state index in [2.05, 4.69) is 41.7 Å². The molecule has 0 atom stereocenters. The summed E-state index contributed by atoms with van der Waals surface area (Å²) in [5.74, 6) is 1.70. The Morgan fingerprint density at radius 3 is 2.53 bits per heavy atom. The topological polar surface area (TPSA) is 78.9 Å². The van der Waals surface area contributed by atoms with E-state index >= 15 is 0 Å². The summed E-state index contributed by atoms with van der Waals surface area (Å²) in [5.41, 5.74) is 6.61. The van der Waals surface area contributed by atoms with Crippen LogP contribution >= 0.6 is 0 Å². The van der Waals surface area contributed by atoms with Crippen LogP contribution in [-0.2, 0) is 0 Å². The van der Waals surface area contributed by atoms with E-state index in [4.69, 9.17) is 11.1 Å². The smallest absolute Gasteiger partial charge is 0.132 e. The first-order valence-electron chi connectivity index (χ1n) is 6.84. The Morgan fingerprint density at radius 1 is 1.37 bits per heavy atom. The van der Waals surface area contributed by atoms with Gasteiger partial charge in [-0.1, -0.05) is 20.8 Å². The normalized spacial score (nSPS) is 18.6. The van der Waals surface area contributed by atoms with Gasteiger partial charge in [-0.3, -0.25) is 5.41 Å². The Morgan fingerprint density at radius 2 is 2.00 bits per heavy atom. The summed E-state index contributed by atoms with van der Waals surface area (Å²) in [7, 11) is 0. The predicted molar refractivity (Wildman–Crippen MR) is 77.6 cm³/mol. The minimum atomic E-state index is -0.148. The quantitative estimate of drug-likeness (QED) is 0.645. The van der Waals surface area contributed by atoms with E-state index in [1.165, 1.54) is 0 Å². The van der Waals surface area contributed by atoms with Gasteiger partial charge in [-0.2, -0.15) is 0 Å². The Balaban J connectivity index is 2.09. The molecule has 1 aliphatic heterocycles. The maximum atomic E-state index is 7.68. The molecular formula is C14H23N5. The van der Waals surface area contributed by atoms with Crippen LogP contribution < -0.4 is 10.6 Å². The average molecular weight is 261 g/mol. The molecule has 0 aliphatic carbocycles. The second kappa shape index (κ2) is 5.15. The van der Waals surface area contributed by atoms with Crippen LogP contribution in [0.15, 0.2) is 12.4 Å². The summed E-state index contributed by atoms with van der Waals surface area (Å²) in [4.78, 5) is 10.9. The van der Waals surface area contributed by atoms with E-state index in [1.54, 1.807) is 6.33 Å². The Hall–Kier alpha value is -1.65. The zero-order valence-electron chi connectivity index (χ0n) is 12.0. The second-order valence-electron chi connectivity index (χ2n) is 5.92. The third kappa shape index (κ3) is 2.85. The van der Waals surface area contributed by atoms with Gasteiger partial charge >= 0.3 is 0 Å². The molecule has 1 aromatic rings. The first-order valence-corrected chi connectivity index (χ1v) is 6.84. The molecule has 0 aromatic carbocycles. The Kier molecular flexibility index (Phi) is 3.73. The van der Waals surface area contributed by atoms with Crippen LogP contribution in [0, 0.1) is 10.8 Å². The summed E-state index contributed by atoms with van der Waals surface area (Å²) >= 11 is 0. The van der Waals surface area contributed by atoms with Gasteiger partial charge in [0.15, 0.2) is 0 Å². The predicted octanol–water partition coefficient (Wildman–Crippen LogP) is 2.14. The number of nitrogens with one attached hydrogen (secondary N) is 1. The van der Waals surface area contributed by atoms with E-state index in [9.17, 15) is 0 Å². The van der Waals surface area contributed by atoms with Crippen LogP contribution in [0.25, 0.3) is 0 Å². The minimum Gasteiger partial charge on any atom is -0.387 e. The first kappa shape index (κ1) is 13.8. The van der Waals surface area contributed by atoms with Gasteiger partial charge in [0.25, 0.3) is 0 Å². The highest BCUT2D eigenvalue weighted by Gasteiger charge is 2.33. The molecule has 104 valence electrons. The largest absolute Gasteiger partial charge is 0.387 e. The Bertz CT molecular complexity index is 461. The van der Waals surface area contributed by atoms with Crippen molar-refractivity contribution >= 4 is 11.7 Å². The van der Waals surface area contributed by atoms with Crippen molar-refractivity contribution in [3.8, 4) is 0 Å². The first-order chi connectivity index (χ1) is 8.92. The monoisotopic (exact) mass is 261 g/mol. The lowest BCUT2D eigenvalue weighted by atomic mass is 9.79. The van der Waals surface area contributed by atoms with Crippen LogP contribution in [0.2, 0.25) is 0 Å². The van der Waals surface area contributed by atoms with E-state index in [0.717, 1.165) is 37.4 Å². The van der Waals surface area contributed by atoms with Crippen LogP contribution in [-0.4, -0.2) is 28.9 Å². The number of hydrogen-bond donors (Lipinski definition) is 2. The lowest BCUT2D eigenvalue weighted by Crippen LogP contribution is -2.45. The number of anilines is 1. The number of nitrogens with zero attached hydrogens (tertiary/aromatic N) is 3. The lowest BCUT2D eigenvalue weighted by Gasteiger charge is -2.39. The standard InChI is InChI=1S/C14H23N5/c1-10(2)11-8-12(18-9-17-11)19-6-4-14(3,5-7-19)13(15)16/h8-10H,4-7H2,1-3H3,(H3,15,16). The fraction of sp³-hybridized carbons (Fsp3) is 0.643. The van der Waals surface area contributed by atoms with Gasteiger partial charge in [0.05, 0.1) is 5.84 Å². The number of rotatable bonds is 3. The second-order valence-corrected chi connectivity index (χ2v) is 5.92. The molecule has 5 heteroatoms. The van der Waals surface area contributed by atoms with Crippen molar-refractivity contribution in [3.63, 3.8) is 0 Å². The van der Waals surface area contributed by atoms with Crippen LogP contribution in [0.4, 0.5) is 5.82 Å². The molecule has 2 rings (SSSR count). The highest BCUT2D eigenvalue weighted by Crippen LogP contribution is 2.32. The van der Waals surface area contributed by atoms with E-state index in [1.807, 2.05) is 0 Å². The fourth-order valence-corrected chi connectivity index (χ4v) is 2.35. The average Bonchev–Trinajstić information content (AvgIpc) is 2.39. The molecule has 1 aliphatic rings. The summed E-state index contributed by atoms with van der Waals surface area (Å²) < 4.78 is 0. The molecule has 0 spiro atoms. The zero-order chi connectivity index (χ0) is 14.0. The highest BCUT2D eigenvalue weighted by atomic mass is 15.2. The molecule has 2 heterocycles. The molecule has 0 bridgehead atoms. The SMILES string of the molecule is CC(C)c1cc(N2CCC(C)(C(=N)N)CC2)ncn1. The molecule has 5 nitrogen and oxygen atoms in total.